The average molecular weight is 292 g/mol. The Labute approximate surface area is 121 Å². The monoisotopic (exact) mass is 292 g/mol. The van der Waals surface area contributed by atoms with Crippen molar-refractivity contribution in [2.24, 2.45) is 0 Å². The number of carboxylic acid groups (broad SMARTS) is 1. The standard InChI is InChI=1S/C13H16N4O2S/c1-20-8-7-11(13(18)19)17-12(14-15-16-17)9-10-5-3-2-4-6-10/h2-6,11H,7-9H2,1H3,(H,18,19). The van der Waals surface area contributed by atoms with Gasteiger partial charge in [0.1, 0.15) is 0 Å². The van der Waals surface area contributed by atoms with E-state index < -0.39 is 12.0 Å². The van der Waals surface area contributed by atoms with E-state index in [1.54, 1.807) is 11.8 Å². The largest absolute Gasteiger partial charge is 0.480 e. The van der Waals surface area contributed by atoms with Gasteiger partial charge in [0.15, 0.2) is 11.9 Å². The lowest BCUT2D eigenvalue weighted by Gasteiger charge is -2.13. The summed E-state index contributed by atoms with van der Waals surface area (Å²) in [6.07, 6.45) is 2.98. The lowest BCUT2D eigenvalue weighted by Crippen LogP contribution is -2.23. The number of hydrogen-bond donors (Lipinski definition) is 1. The van der Waals surface area contributed by atoms with E-state index >= 15 is 0 Å². The van der Waals surface area contributed by atoms with Crippen molar-refractivity contribution >= 4 is 17.7 Å². The van der Waals surface area contributed by atoms with Crippen LogP contribution in [-0.4, -0.2) is 43.3 Å². The van der Waals surface area contributed by atoms with E-state index in [9.17, 15) is 9.90 Å². The molecule has 20 heavy (non-hydrogen) atoms. The van der Waals surface area contributed by atoms with E-state index in [4.69, 9.17) is 0 Å². The summed E-state index contributed by atoms with van der Waals surface area (Å²) in [5, 5.41) is 20.8. The summed E-state index contributed by atoms with van der Waals surface area (Å²) in [6, 6.07) is 9.03. The lowest BCUT2D eigenvalue weighted by atomic mass is 10.1. The molecule has 2 aromatic rings. The molecule has 1 atom stereocenters. The maximum atomic E-state index is 11.4. The Balaban J connectivity index is 2.20. The second kappa shape index (κ2) is 7.04. The number of tetrazole rings is 1. The molecule has 2 rings (SSSR count). The molecule has 0 spiro atoms. The minimum atomic E-state index is -0.902. The Kier molecular flexibility index (Phi) is 5.11. The van der Waals surface area contributed by atoms with Gasteiger partial charge in [-0.05, 0) is 34.4 Å². The fourth-order valence-corrected chi connectivity index (χ4v) is 2.39. The predicted octanol–water partition coefficient (Wildman–Crippen LogP) is 1.64. The molecular formula is C13H16N4O2S. The number of aromatic nitrogens is 4. The Morgan fingerprint density at radius 1 is 1.40 bits per heavy atom. The highest BCUT2D eigenvalue weighted by atomic mass is 32.2. The van der Waals surface area contributed by atoms with E-state index in [0.29, 0.717) is 18.7 Å². The average Bonchev–Trinajstić information content (AvgIpc) is 2.88. The molecule has 0 fully saturated rings. The quantitative estimate of drug-likeness (QED) is 0.835. The zero-order valence-corrected chi connectivity index (χ0v) is 12.0. The first-order valence-corrected chi connectivity index (χ1v) is 7.64. The van der Waals surface area contributed by atoms with Gasteiger partial charge < -0.3 is 5.11 Å². The summed E-state index contributed by atoms with van der Waals surface area (Å²) in [6.45, 7) is 0. The molecule has 7 heteroatoms. The van der Waals surface area contributed by atoms with Crippen molar-refractivity contribution in [2.75, 3.05) is 12.0 Å². The maximum Gasteiger partial charge on any atom is 0.328 e. The van der Waals surface area contributed by atoms with Crippen LogP contribution in [0.4, 0.5) is 0 Å². The predicted molar refractivity (Wildman–Crippen MR) is 76.7 cm³/mol. The van der Waals surface area contributed by atoms with Crippen molar-refractivity contribution in [3.8, 4) is 0 Å². The normalized spacial score (nSPS) is 12.2. The lowest BCUT2D eigenvalue weighted by molar-refractivity contribution is -0.141. The number of hydrogen-bond acceptors (Lipinski definition) is 5. The number of thioether (sulfide) groups is 1. The van der Waals surface area contributed by atoms with Crippen molar-refractivity contribution in [1.82, 2.24) is 20.2 Å². The van der Waals surface area contributed by atoms with Gasteiger partial charge in [-0.3, -0.25) is 0 Å². The molecule has 0 aliphatic carbocycles. The molecule has 1 N–H and O–H groups in total. The van der Waals surface area contributed by atoms with Crippen LogP contribution in [0.3, 0.4) is 0 Å². The van der Waals surface area contributed by atoms with Crippen molar-refractivity contribution in [3.63, 3.8) is 0 Å². The van der Waals surface area contributed by atoms with Gasteiger partial charge >= 0.3 is 5.97 Å². The molecule has 1 unspecified atom stereocenters. The molecule has 0 saturated carbocycles. The minimum absolute atomic E-state index is 0.503. The van der Waals surface area contributed by atoms with Crippen molar-refractivity contribution in [3.05, 3.63) is 41.7 Å². The molecule has 6 nitrogen and oxygen atoms in total. The van der Waals surface area contributed by atoms with Gasteiger partial charge in [0.2, 0.25) is 0 Å². The number of carboxylic acids is 1. The van der Waals surface area contributed by atoms with Gasteiger partial charge in [0.25, 0.3) is 0 Å². The van der Waals surface area contributed by atoms with Gasteiger partial charge in [0, 0.05) is 6.42 Å². The highest BCUT2D eigenvalue weighted by Gasteiger charge is 2.23. The molecule has 0 amide bonds. The van der Waals surface area contributed by atoms with Crippen LogP contribution < -0.4 is 0 Å². The number of nitrogens with zero attached hydrogens (tertiary/aromatic N) is 4. The molecule has 1 heterocycles. The second-order valence-corrected chi connectivity index (χ2v) is 5.32. The Morgan fingerprint density at radius 3 is 2.80 bits per heavy atom. The topological polar surface area (TPSA) is 80.9 Å². The van der Waals surface area contributed by atoms with Crippen LogP contribution in [0.5, 0.6) is 0 Å². The molecule has 1 aromatic carbocycles. The summed E-state index contributed by atoms with van der Waals surface area (Å²) in [7, 11) is 0. The zero-order chi connectivity index (χ0) is 14.4. The van der Waals surface area contributed by atoms with E-state index in [2.05, 4.69) is 15.5 Å². The molecule has 0 radical (unpaired) electrons. The van der Waals surface area contributed by atoms with Crippen LogP contribution in [-0.2, 0) is 11.2 Å². The molecule has 0 aliphatic rings. The minimum Gasteiger partial charge on any atom is -0.480 e. The summed E-state index contributed by atoms with van der Waals surface area (Å²) in [5.41, 5.74) is 1.05. The number of aliphatic carboxylic acids is 1. The molecule has 0 saturated heterocycles. The Hall–Kier alpha value is -1.89. The first-order valence-electron chi connectivity index (χ1n) is 6.24. The van der Waals surface area contributed by atoms with Crippen LogP contribution >= 0.6 is 11.8 Å². The number of benzene rings is 1. The van der Waals surface area contributed by atoms with Crippen molar-refractivity contribution in [1.29, 1.82) is 0 Å². The fourth-order valence-electron chi connectivity index (χ4n) is 1.93. The van der Waals surface area contributed by atoms with Crippen molar-refractivity contribution in [2.45, 2.75) is 18.9 Å². The highest BCUT2D eigenvalue weighted by Crippen LogP contribution is 2.16. The van der Waals surface area contributed by atoms with E-state index in [0.717, 1.165) is 11.3 Å². The molecule has 0 bridgehead atoms. The molecule has 1 aromatic heterocycles. The van der Waals surface area contributed by atoms with E-state index in [1.807, 2.05) is 36.6 Å². The summed E-state index contributed by atoms with van der Waals surface area (Å²) in [4.78, 5) is 11.4. The van der Waals surface area contributed by atoms with Crippen LogP contribution in [0, 0.1) is 0 Å². The molecule has 106 valence electrons. The summed E-state index contributed by atoms with van der Waals surface area (Å²) >= 11 is 1.61. The van der Waals surface area contributed by atoms with Gasteiger partial charge in [-0.15, -0.1) is 5.10 Å². The SMILES string of the molecule is CSCCC(C(=O)O)n1nnnc1Cc1ccccc1. The van der Waals surface area contributed by atoms with Crippen molar-refractivity contribution < 1.29 is 9.90 Å². The first kappa shape index (κ1) is 14.5. The summed E-state index contributed by atoms with van der Waals surface area (Å²) in [5.74, 6) is 0.423. The van der Waals surface area contributed by atoms with Gasteiger partial charge in [0.05, 0.1) is 0 Å². The second-order valence-electron chi connectivity index (χ2n) is 4.34. The van der Waals surface area contributed by atoms with Crippen LogP contribution in [0.2, 0.25) is 0 Å². The van der Waals surface area contributed by atoms with E-state index in [1.165, 1.54) is 4.68 Å². The van der Waals surface area contributed by atoms with Gasteiger partial charge in [-0.2, -0.15) is 11.8 Å². The third kappa shape index (κ3) is 3.57. The number of rotatable bonds is 7. The van der Waals surface area contributed by atoms with Crippen LogP contribution in [0.15, 0.2) is 30.3 Å². The summed E-state index contributed by atoms with van der Waals surface area (Å²) < 4.78 is 1.42. The first-order chi connectivity index (χ1) is 9.72. The van der Waals surface area contributed by atoms with Gasteiger partial charge in [-0.1, -0.05) is 30.3 Å². The smallest absolute Gasteiger partial charge is 0.328 e. The number of carbonyl (C=O) groups is 1. The van der Waals surface area contributed by atoms with Crippen LogP contribution in [0.25, 0.3) is 0 Å². The third-order valence-electron chi connectivity index (χ3n) is 2.94. The zero-order valence-electron chi connectivity index (χ0n) is 11.1. The third-order valence-corrected chi connectivity index (χ3v) is 3.59. The fraction of sp³-hybridized carbons (Fsp3) is 0.385. The Morgan fingerprint density at radius 2 is 2.15 bits per heavy atom. The molecular weight excluding hydrogens is 276 g/mol. The Bertz CT molecular complexity index is 559. The highest BCUT2D eigenvalue weighted by molar-refractivity contribution is 7.98. The maximum absolute atomic E-state index is 11.4. The van der Waals surface area contributed by atoms with Gasteiger partial charge in [-0.25, -0.2) is 9.48 Å². The molecule has 0 aliphatic heterocycles. The van der Waals surface area contributed by atoms with Crippen LogP contribution in [0.1, 0.15) is 23.9 Å². The van der Waals surface area contributed by atoms with E-state index in [-0.39, 0.29) is 0 Å².